The Morgan fingerprint density at radius 3 is 2.32 bits per heavy atom. The van der Waals surface area contributed by atoms with Gasteiger partial charge in [-0.25, -0.2) is 9.37 Å². The Kier molecular flexibility index (Phi) is 6.04. The van der Waals surface area contributed by atoms with Gasteiger partial charge in [0, 0.05) is 29.9 Å². The summed E-state index contributed by atoms with van der Waals surface area (Å²) in [5, 5.41) is 3.89. The van der Waals surface area contributed by atoms with E-state index in [0.717, 1.165) is 5.39 Å². The number of nitrogens with zero attached hydrogens (tertiary/aromatic N) is 4. The van der Waals surface area contributed by atoms with Gasteiger partial charge >= 0.3 is 0 Å². The lowest BCUT2D eigenvalue weighted by atomic mass is 10.0. The molecule has 2 aromatic carbocycles. The van der Waals surface area contributed by atoms with Crippen molar-refractivity contribution in [3.05, 3.63) is 66.7 Å². The lowest BCUT2D eigenvalue weighted by Gasteiger charge is -2.25. The summed E-state index contributed by atoms with van der Waals surface area (Å²) in [5.41, 5.74) is 5.88. The molecule has 11 heteroatoms. The molecule has 2 heterocycles. The molecular formula is C26H23FN6O4. The van der Waals surface area contributed by atoms with Crippen LogP contribution in [0.1, 0.15) is 12.8 Å². The van der Waals surface area contributed by atoms with Crippen molar-refractivity contribution in [2.24, 2.45) is 11.1 Å². The van der Waals surface area contributed by atoms with Crippen LogP contribution >= 0.6 is 0 Å². The molecular weight excluding hydrogens is 479 g/mol. The summed E-state index contributed by atoms with van der Waals surface area (Å²) in [7, 11) is 3.09. The molecule has 0 saturated heterocycles. The number of nitrogens with two attached hydrogens (primary N) is 1. The van der Waals surface area contributed by atoms with Gasteiger partial charge in [-0.3, -0.25) is 19.5 Å². The first-order chi connectivity index (χ1) is 17.9. The molecule has 1 aliphatic carbocycles. The minimum atomic E-state index is -1.32. The van der Waals surface area contributed by atoms with Gasteiger partial charge in [-0.2, -0.15) is 4.98 Å². The number of anilines is 4. The second kappa shape index (κ2) is 9.34. The summed E-state index contributed by atoms with van der Waals surface area (Å²) in [6.45, 7) is 0. The van der Waals surface area contributed by atoms with Crippen molar-refractivity contribution in [1.82, 2.24) is 15.0 Å². The fourth-order valence-corrected chi connectivity index (χ4v) is 4.08. The molecule has 1 saturated carbocycles. The maximum Gasteiger partial charge on any atom is 0.248 e. The van der Waals surface area contributed by atoms with Gasteiger partial charge in [0.15, 0.2) is 11.5 Å². The number of methoxy groups -OCH3 is 2. The van der Waals surface area contributed by atoms with Crippen molar-refractivity contribution in [2.45, 2.75) is 12.8 Å². The van der Waals surface area contributed by atoms with Crippen LogP contribution in [0.4, 0.5) is 27.5 Å². The Labute approximate surface area is 211 Å². The van der Waals surface area contributed by atoms with Gasteiger partial charge in [0.2, 0.25) is 17.8 Å². The van der Waals surface area contributed by atoms with Gasteiger partial charge in [0.05, 0.1) is 31.1 Å². The Balaban J connectivity index is 1.55. The standard InChI is InChI=1S/C26H23FN6O4/c1-36-20-13-17-18(7-11-29-19(17)14-21(20)37-2)31-25-30-12-8-22(32-25)33(16-5-3-15(27)4-6-16)24(35)26(9-10-26)23(28)34/h3-8,11-14H,9-10H2,1-2H3,(H2,28,34)(H,29,30,31,32). The molecule has 0 radical (unpaired) electrons. The molecule has 0 spiro atoms. The number of fused-ring (bicyclic) bond motifs is 1. The van der Waals surface area contributed by atoms with Crippen LogP contribution in [0.5, 0.6) is 11.5 Å². The van der Waals surface area contributed by atoms with E-state index in [9.17, 15) is 14.0 Å². The van der Waals surface area contributed by atoms with E-state index in [2.05, 4.69) is 20.3 Å². The van der Waals surface area contributed by atoms with Crippen molar-refractivity contribution in [3.63, 3.8) is 0 Å². The van der Waals surface area contributed by atoms with E-state index >= 15 is 0 Å². The number of nitrogens with one attached hydrogen (secondary N) is 1. The second-order valence-corrected chi connectivity index (χ2v) is 8.51. The summed E-state index contributed by atoms with van der Waals surface area (Å²) in [4.78, 5) is 40.1. The summed E-state index contributed by atoms with van der Waals surface area (Å²) in [5.74, 6) is -0.256. The molecule has 188 valence electrons. The van der Waals surface area contributed by atoms with Crippen LogP contribution < -0.4 is 25.4 Å². The summed E-state index contributed by atoms with van der Waals surface area (Å²) in [6, 6.07) is 12.2. The summed E-state index contributed by atoms with van der Waals surface area (Å²) >= 11 is 0. The molecule has 1 fully saturated rings. The van der Waals surface area contributed by atoms with Gasteiger partial charge in [0.25, 0.3) is 0 Å². The monoisotopic (exact) mass is 502 g/mol. The number of pyridine rings is 1. The van der Waals surface area contributed by atoms with Gasteiger partial charge in [-0.1, -0.05) is 0 Å². The quantitative estimate of drug-likeness (QED) is 0.347. The lowest BCUT2D eigenvalue weighted by Crippen LogP contribution is -2.41. The topological polar surface area (TPSA) is 133 Å². The molecule has 5 rings (SSSR count). The fraction of sp³-hybridized carbons (Fsp3) is 0.192. The van der Waals surface area contributed by atoms with Gasteiger partial charge in [-0.15, -0.1) is 0 Å². The Hall–Kier alpha value is -4.80. The highest BCUT2D eigenvalue weighted by Crippen LogP contribution is 2.49. The first-order valence-electron chi connectivity index (χ1n) is 11.4. The minimum Gasteiger partial charge on any atom is -0.493 e. The van der Waals surface area contributed by atoms with Crippen LogP contribution in [-0.4, -0.2) is 41.0 Å². The van der Waals surface area contributed by atoms with E-state index in [1.807, 2.05) is 0 Å². The van der Waals surface area contributed by atoms with Crippen molar-refractivity contribution in [3.8, 4) is 11.5 Å². The molecule has 2 aromatic heterocycles. The van der Waals surface area contributed by atoms with Crippen LogP contribution in [0.25, 0.3) is 10.9 Å². The third-order valence-electron chi connectivity index (χ3n) is 6.28. The molecule has 0 aliphatic heterocycles. The fourth-order valence-electron chi connectivity index (χ4n) is 4.08. The molecule has 1 aliphatic rings. The van der Waals surface area contributed by atoms with E-state index in [1.165, 1.54) is 41.4 Å². The Morgan fingerprint density at radius 1 is 1.00 bits per heavy atom. The number of carbonyl (C=O) groups excluding carboxylic acids is 2. The predicted molar refractivity (Wildman–Crippen MR) is 135 cm³/mol. The zero-order chi connectivity index (χ0) is 26.2. The molecule has 0 unspecified atom stereocenters. The molecule has 2 amide bonds. The first kappa shape index (κ1) is 23.9. The molecule has 37 heavy (non-hydrogen) atoms. The number of hydrogen-bond donors (Lipinski definition) is 2. The first-order valence-corrected chi connectivity index (χ1v) is 11.4. The largest absolute Gasteiger partial charge is 0.493 e. The van der Waals surface area contributed by atoms with E-state index in [0.29, 0.717) is 41.2 Å². The number of primary amides is 1. The molecule has 4 aromatic rings. The van der Waals surface area contributed by atoms with E-state index in [-0.39, 0.29) is 11.8 Å². The number of carbonyl (C=O) groups is 2. The number of halogens is 1. The number of benzene rings is 2. The molecule has 0 bridgehead atoms. The van der Waals surface area contributed by atoms with Gasteiger partial charge < -0.3 is 20.5 Å². The van der Waals surface area contributed by atoms with Gasteiger partial charge in [-0.05, 0) is 49.2 Å². The van der Waals surface area contributed by atoms with E-state index < -0.39 is 23.0 Å². The highest BCUT2D eigenvalue weighted by Gasteiger charge is 2.57. The highest BCUT2D eigenvalue weighted by molar-refractivity contribution is 6.16. The lowest BCUT2D eigenvalue weighted by molar-refractivity contribution is -0.133. The zero-order valence-corrected chi connectivity index (χ0v) is 20.1. The number of ether oxygens (including phenoxy) is 2. The molecule has 3 N–H and O–H groups in total. The molecule has 0 atom stereocenters. The van der Waals surface area contributed by atoms with Crippen LogP contribution in [0.3, 0.4) is 0 Å². The van der Waals surface area contributed by atoms with E-state index in [1.54, 1.807) is 38.6 Å². The van der Waals surface area contributed by atoms with E-state index in [4.69, 9.17) is 15.2 Å². The van der Waals surface area contributed by atoms with Crippen LogP contribution in [-0.2, 0) is 9.59 Å². The van der Waals surface area contributed by atoms with Crippen LogP contribution in [0.2, 0.25) is 0 Å². The Bertz CT molecular complexity index is 1510. The average Bonchev–Trinajstić information content (AvgIpc) is 3.72. The van der Waals surface area contributed by atoms with Crippen molar-refractivity contribution in [1.29, 1.82) is 0 Å². The number of aromatic nitrogens is 3. The molecule has 10 nitrogen and oxygen atoms in total. The summed E-state index contributed by atoms with van der Waals surface area (Å²) < 4.78 is 24.4. The maximum atomic E-state index is 13.6. The SMILES string of the molecule is COc1cc2nccc(Nc3nccc(N(C(=O)C4(C(N)=O)CC4)c4ccc(F)cc4)n3)c2cc1OC. The predicted octanol–water partition coefficient (Wildman–Crippen LogP) is 3.85. The van der Waals surface area contributed by atoms with Crippen LogP contribution in [0.15, 0.2) is 60.9 Å². The van der Waals surface area contributed by atoms with Crippen molar-refractivity contribution < 1.29 is 23.5 Å². The minimum absolute atomic E-state index is 0.184. The average molecular weight is 503 g/mol. The van der Waals surface area contributed by atoms with Crippen molar-refractivity contribution >= 4 is 45.9 Å². The van der Waals surface area contributed by atoms with Crippen LogP contribution in [0, 0.1) is 11.2 Å². The normalized spacial score (nSPS) is 13.6. The third kappa shape index (κ3) is 4.35. The number of rotatable bonds is 8. The number of amides is 2. The third-order valence-corrected chi connectivity index (χ3v) is 6.28. The summed E-state index contributed by atoms with van der Waals surface area (Å²) in [6.07, 6.45) is 3.77. The van der Waals surface area contributed by atoms with Crippen molar-refractivity contribution in [2.75, 3.05) is 24.4 Å². The number of hydrogen-bond acceptors (Lipinski definition) is 8. The smallest absolute Gasteiger partial charge is 0.248 e. The highest BCUT2D eigenvalue weighted by atomic mass is 19.1. The Morgan fingerprint density at radius 2 is 1.68 bits per heavy atom. The second-order valence-electron chi connectivity index (χ2n) is 8.51. The zero-order valence-electron chi connectivity index (χ0n) is 20.1. The van der Waals surface area contributed by atoms with Gasteiger partial charge in [0.1, 0.15) is 17.1 Å². The maximum absolute atomic E-state index is 13.6.